The predicted molar refractivity (Wildman–Crippen MR) is 181 cm³/mol. The third-order valence-corrected chi connectivity index (χ3v) is 6.17. The van der Waals surface area contributed by atoms with Crippen molar-refractivity contribution in [3.8, 4) is 33.4 Å². The molecule has 0 fully saturated rings. The molecule has 0 saturated carbocycles. The summed E-state index contributed by atoms with van der Waals surface area (Å²) in [6, 6.07) is -12.0. The minimum Gasteiger partial charge on any atom is -0.349 e. The van der Waals surface area contributed by atoms with Gasteiger partial charge in [-0.15, -0.1) is 0 Å². The third kappa shape index (κ3) is 6.39. The van der Waals surface area contributed by atoms with E-state index in [0.717, 1.165) is 12.1 Å². The van der Waals surface area contributed by atoms with Crippen LogP contribution in [0.25, 0.3) is 33.4 Å². The molecule has 0 saturated heterocycles. The van der Waals surface area contributed by atoms with Gasteiger partial charge < -0.3 is 5.32 Å². The molecule has 0 aliphatic heterocycles. The fraction of sp³-hybridized carbons (Fsp3) is 0.231. The number of rotatable bonds is 6. The van der Waals surface area contributed by atoms with Crippen molar-refractivity contribution >= 4 is 17.1 Å². The second-order valence-corrected chi connectivity index (χ2v) is 10.4. The minimum absolute atomic E-state index is 0.187. The second kappa shape index (κ2) is 11.5. The highest BCUT2D eigenvalue weighted by Crippen LogP contribution is 2.41. The molecule has 0 aromatic heterocycles. The molecule has 0 aliphatic rings. The molecule has 5 rings (SSSR count). The highest BCUT2D eigenvalue weighted by molar-refractivity contribution is 5.94. The van der Waals surface area contributed by atoms with E-state index in [0.29, 0.717) is 0 Å². The van der Waals surface area contributed by atoms with Crippen LogP contribution >= 0.6 is 0 Å². The molecule has 0 unspecified atom stereocenters. The molecule has 0 aliphatic carbocycles. The van der Waals surface area contributed by atoms with Gasteiger partial charge in [-0.05, 0) is 62.7 Å². The van der Waals surface area contributed by atoms with Crippen LogP contribution in [0.3, 0.4) is 0 Å². The molecule has 1 N–H and O–H groups in total. The van der Waals surface area contributed by atoms with Gasteiger partial charge in [0.15, 0.2) is 0 Å². The second-order valence-electron chi connectivity index (χ2n) is 10.4. The van der Waals surface area contributed by atoms with E-state index in [2.05, 4.69) is 5.32 Å². The van der Waals surface area contributed by atoms with E-state index in [1.165, 1.54) is 12.1 Å². The Kier molecular flexibility index (Phi) is 3.06. The van der Waals surface area contributed by atoms with E-state index in [1.807, 2.05) is 0 Å². The topological polar surface area (TPSA) is 55.2 Å². The van der Waals surface area contributed by atoms with Gasteiger partial charge >= 0.3 is 0 Å². The predicted octanol–water partition coefficient (Wildman–Crippen LogP) is 11.2. The maximum absolute atomic E-state index is 12.3. The normalized spacial score (nSPS) is 21.7. The van der Waals surface area contributed by atoms with Gasteiger partial charge in [0, 0.05) is 33.6 Å². The number of hydrogen-bond donors (Lipinski definition) is 1. The van der Waals surface area contributed by atoms with Crippen molar-refractivity contribution < 1.29 is 40.6 Å². The van der Waals surface area contributed by atoms with E-state index < -0.39 is 189 Å². The molecule has 218 valence electrons. The summed E-state index contributed by atoms with van der Waals surface area (Å²) in [6.45, 7) is -10.9. The molecule has 5 aromatic rings. The first-order valence-electron chi connectivity index (χ1n) is 25.7. The standard InChI is InChI=1S/C39H40N2O2/c1-26-25-31(39(5,6)7)23-24-32(26)27-15-17-28(18-16-27)33-11-10-12-34(29-19-21-30(22-20-29)38(2,3)4)37(33)40-35-13-8-9-14-36(35)41(42)43/h8-25,40H,1-7H3/i1D3,2D3,3D3,4D3,10D,11D,12D,15D,16D,17D,18D,19D,20D,21D,22D,23D,24D,25D. The number of hydrogen-bond acceptors (Lipinski definition) is 3. The summed E-state index contributed by atoms with van der Waals surface area (Å²) in [5.74, 6) is 0. The summed E-state index contributed by atoms with van der Waals surface area (Å²) in [7, 11) is 0. The molecule has 0 radical (unpaired) electrons. The lowest BCUT2D eigenvalue weighted by Gasteiger charge is -2.21. The van der Waals surface area contributed by atoms with Gasteiger partial charge in [0.25, 0.3) is 5.69 Å². The van der Waals surface area contributed by atoms with Crippen molar-refractivity contribution in [2.24, 2.45) is 0 Å². The van der Waals surface area contributed by atoms with E-state index in [9.17, 15) is 15.6 Å². The van der Waals surface area contributed by atoms with Crippen LogP contribution in [0.4, 0.5) is 17.1 Å². The highest BCUT2D eigenvalue weighted by atomic mass is 16.6. The zero-order chi connectivity index (χ0) is 53.1. The molecule has 0 heterocycles. The molecule has 4 nitrogen and oxygen atoms in total. The first-order chi connectivity index (χ1) is 31.2. The van der Waals surface area contributed by atoms with E-state index >= 15 is 0 Å². The van der Waals surface area contributed by atoms with Crippen LogP contribution in [-0.2, 0) is 10.8 Å². The quantitative estimate of drug-likeness (QED) is 0.157. The van der Waals surface area contributed by atoms with Crippen LogP contribution in [0.5, 0.6) is 0 Å². The number of benzene rings is 5. The molecule has 0 spiro atoms. The SMILES string of the molecule is [2H]c1c([2H])c(-c2c([2H])c([2H])c(-c3c([2H])c([2H])c(C(C)(C)C)c([2H])c3C([2H])([2H])[2H])c([2H])c2[2H])c(Nc2ccccc2[N+](=O)[O-])c(-c2c([2H])c([2H])c(C(C([2H])([2H])[2H])(C([2H])([2H])[2H])C([2H])([2H])[2H])c([2H])c2[2H])c1[2H]. The average molecular weight is 595 g/mol. The van der Waals surface area contributed by atoms with Crippen LogP contribution in [0.2, 0.25) is 0 Å². The monoisotopic (exact) mass is 594 g/mol. The van der Waals surface area contributed by atoms with Gasteiger partial charge in [0.1, 0.15) is 5.69 Å². The van der Waals surface area contributed by atoms with Crippen LogP contribution in [0.1, 0.15) is 93.7 Å². The van der Waals surface area contributed by atoms with Gasteiger partial charge in [-0.3, -0.25) is 10.1 Å². The van der Waals surface area contributed by atoms with Gasteiger partial charge in [0.05, 0.1) is 29.8 Å². The van der Waals surface area contributed by atoms with Crippen molar-refractivity contribution in [3.05, 3.63) is 136 Å². The fourth-order valence-corrected chi connectivity index (χ4v) is 3.94. The summed E-state index contributed by atoms with van der Waals surface area (Å²) in [4.78, 5) is 11.4. The summed E-state index contributed by atoms with van der Waals surface area (Å²) in [6.07, 6.45) is 0. The van der Waals surface area contributed by atoms with Gasteiger partial charge in [-0.1, -0.05) is 138 Å². The van der Waals surface area contributed by atoms with Crippen molar-refractivity contribution in [2.45, 2.75) is 59.0 Å². The maximum Gasteiger partial charge on any atom is 0.292 e. The van der Waals surface area contributed by atoms with Crippen LogP contribution in [-0.4, -0.2) is 4.92 Å². The van der Waals surface area contributed by atoms with Crippen molar-refractivity contribution in [2.75, 3.05) is 5.32 Å². The van der Waals surface area contributed by atoms with Crippen molar-refractivity contribution in [3.63, 3.8) is 0 Å². The van der Waals surface area contributed by atoms with Crippen LogP contribution in [0.15, 0.2) is 109 Å². The number of para-hydroxylation sites is 3. The third-order valence-electron chi connectivity index (χ3n) is 6.17. The number of nitro benzene ring substituents is 1. The molecule has 0 atom stereocenters. The minimum atomic E-state index is -4.11. The Morgan fingerprint density at radius 1 is 0.721 bits per heavy atom. The first-order valence-corrected chi connectivity index (χ1v) is 12.7. The summed E-state index contributed by atoms with van der Waals surface area (Å²) < 4.78 is 226. The zero-order valence-corrected chi connectivity index (χ0v) is 23.1. The summed E-state index contributed by atoms with van der Waals surface area (Å²) in [5.41, 5.74) is -15.9. The Balaban J connectivity index is 2.10. The number of nitrogens with one attached hydrogen (secondary N) is 1. The largest absolute Gasteiger partial charge is 0.349 e. The average Bonchev–Trinajstić information content (AvgIpc) is 3.18. The van der Waals surface area contributed by atoms with Crippen LogP contribution < -0.4 is 5.32 Å². The van der Waals surface area contributed by atoms with E-state index in [-0.39, 0.29) is 5.56 Å². The molecule has 0 amide bonds. The number of anilines is 2. The Morgan fingerprint density at radius 2 is 1.28 bits per heavy atom. The van der Waals surface area contributed by atoms with E-state index in [4.69, 9.17) is 30.2 Å². The van der Waals surface area contributed by atoms with Crippen molar-refractivity contribution in [1.82, 2.24) is 0 Å². The number of nitrogens with zero attached hydrogens (tertiary/aromatic N) is 1. The molecular weight excluding hydrogens is 528 g/mol. The Hall–Kier alpha value is -4.70. The Morgan fingerprint density at radius 3 is 1.84 bits per heavy atom. The Labute approximate surface area is 292 Å². The number of nitro groups is 1. The highest BCUT2D eigenvalue weighted by Gasteiger charge is 2.20. The fourth-order valence-electron chi connectivity index (χ4n) is 3.94. The molecular formula is C39H40N2O2. The first kappa shape index (κ1) is 11.4. The lowest BCUT2D eigenvalue weighted by atomic mass is 9.84. The van der Waals surface area contributed by atoms with Crippen LogP contribution in [0, 0.1) is 17.0 Å². The van der Waals surface area contributed by atoms with E-state index in [1.54, 1.807) is 20.8 Å². The summed E-state index contributed by atoms with van der Waals surface area (Å²) >= 11 is 0. The molecule has 43 heavy (non-hydrogen) atoms. The van der Waals surface area contributed by atoms with Crippen molar-refractivity contribution in [1.29, 1.82) is 0 Å². The smallest absolute Gasteiger partial charge is 0.292 e. The van der Waals surface area contributed by atoms with Gasteiger partial charge in [-0.25, -0.2) is 0 Å². The summed E-state index contributed by atoms with van der Waals surface area (Å²) in [5, 5.41) is 14.9. The zero-order valence-electron chi connectivity index (χ0n) is 49.1. The lowest BCUT2D eigenvalue weighted by molar-refractivity contribution is -0.383. The maximum atomic E-state index is 12.3. The lowest BCUT2D eigenvalue weighted by Crippen LogP contribution is -2.11. The molecule has 4 heteroatoms. The van der Waals surface area contributed by atoms with Gasteiger partial charge in [-0.2, -0.15) is 0 Å². The molecule has 0 bridgehead atoms. The molecule has 5 aromatic carbocycles. The Bertz CT molecular complexity index is 2890. The van der Waals surface area contributed by atoms with Gasteiger partial charge in [0.2, 0.25) is 0 Å².